The lowest BCUT2D eigenvalue weighted by Crippen LogP contribution is -2.48. The highest BCUT2D eigenvalue weighted by Crippen LogP contribution is 2.27. The Balaban J connectivity index is 1.74. The van der Waals surface area contributed by atoms with Crippen molar-refractivity contribution in [1.82, 2.24) is 14.8 Å². The highest BCUT2D eigenvalue weighted by molar-refractivity contribution is 7.13. The Kier molecular flexibility index (Phi) is 4.18. The van der Waals surface area contributed by atoms with Crippen molar-refractivity contribution in [3.05, 3.63) is 15.6 Å². The molecular formula is C15H21N3O3S. The Bertz CT molecular complexity index is 601. The fourth-order valence-corrected chi connectivity index (χ4v) is 4.09. The summed E-state index contributed by atoms with van der Waals surface area (Å²) < 4.78 is 5.71. The Morgan fingerprint density at radius 2 is 2.14 bits per heavy atom. The van der Waals surface area contributed by atoms with E-state index in [4.69, 9.17) is 4.74 Å². The molecule has 0 aliphatic carbocycles. The van der Waals surface area contributed by atoms with E-state index in [1.807, 2.05) is 18.7 Å². The van der Waals surface area contributed by atoms with Crippen LogP contribution in [0.5, 0.6) is 0 Å². The molecular weight excluding hydrogens is 302 g/mol. The zero-order valence-corrected chi connectivity index (χ0v) is 14.0. The van der Waals surface area contributed by atoms with Crippen LogP contribution in [0.3, 0.4) is 0 Å². The second-order valence-corrected chi connectivity index (χ2v) is 7.27. The fourth-order valence-electron chi connectivity index (χ4n) is 3.21. The number of piperidine rings is 1. The number of nitrogens with zero attached hydrogens (tertiary/aromatic N) is 3. The molecule has 2 saturated heterocycles. The first-order valence-electron chi connectivity index (χ1n) is 7.54. The van der Waals surface area contributed by atoms with Crippen LogP contribution in [-0.2, 0) is 9.53 Å². The van der Waals surface area contributed by atoms with Gasteiger partial charge in [0.2, 0.25) is 5.91 Å². The van der Waals surface area contributed by atoms with E-state index in [1.165, 1.54) is 11.3 Å². The number of amides is 2. The van der Waals surface area contributed by atoms with E-state index in [0.29, 0.717) is 19.6 Å². The Morgan fingerprint density at radius 1 is 1.36 bits per heavy atom. The van der Waals surface area contributed by atoms with E-state index >= 15 is 0 Å². The first-order valence-corrected chi connectivity index (χ1v) is 8.36. The molecule has 6 nitrogen and oxygen atoms in total. The molecule has 1 aromatic heterocycles. The van der Waals surface area contributed by atoms with Crippen molar-refractivity contribution in [3.63, 3.8) is 0 Å². The van der Waals surface area contributed by atoms with Gasteiger partial charge in [-0.3, -0.25) is 9.59 Å². The summed E-state index contributed by atoms with van der Waals surface area (Å²) in [4.78, 5) is 33.1. The molecule has 0 bridgehead atoms. The van der Waals surface area contributed by atoms with Crippen molar-refractivity contribution in [2.24, 2.45) is 5.92 Å². The molecule has 0 radical (unpaired) electrons. The van der Waals surface area contributed by atoms with Gasteiger partial charge in [-0.25, -0.2) is 4.98 Å². The van der Waals surface area contributed by atoms with Crippen molar-refractivity contribution in [1.29, 1.82) is 0 Å². The van der Waals surface area contributed by atoms with Gasteiger partial charge in [-0.2, -0.15) is 0 Å². The summed E-state index contributed by atoms with van der Waals surface area (Å²) in [6.45, 7) is 5.91. The molecule has 22 heavy (non-hydrogen) atoms. The van der Waals surface area contributed by atoms with E-state index in [2.05, 4.69) is 4.98 Å². The average Bonchev–Trinajstić information content (AvgIpc) is 2.75. The number of aryl methyl sites for hydroxylation is 2. The molecule has 0 aromatic carbocycles. The van der Waals surface area contributed by atoms with Gasteiger partial charge >= 0.3 is 0 Å². The number of rotatable bonds is 1. The minimum atomic E-state index is 0.0150. The summed E-state index contributed by atoms with van der Waals surface area (Å²) in [6, 6.07) is 0. The van der Waals surface area contributed by atoms with E-state index in [9.17, 15) is 9.59 Å². The summed E-state index contributed by atoms with van der Waals surface area (Å²) in [5.41, 5.74) is 0.805. The Hall–Kier alpha value is -1.47. The molecule has 7 heteroatoms. The topological polar surface area (TPSA) is 62.7 Å². The van der Waals surface area contributed by atoms with Crippen LogP contribution >= 0.6 is 11.3 Å². The molecule has 2 amide bonds. The van der Waals surface area contributed by atoms with Crippen LogP contribution in [0.2, 0.25) is 0 Å². The number of likely N-dealkylation sites (N-methyl/N-ethyl adjacent to an activating group) is 1. The minimum Gasteiger partial charge on any atom is -0.368 e. The molecule has 0 saturated carbocycles. The van der Waals surface area contributed by atoms with Crippen LogP contribution in [0.15, 0.2) is 0 Å². The smallest absolute Gasteiger partial charge is 0.265 e. The lowest BCUT2D eigenvalue weighted by atomic mass is 9.94. The Morgan fingerprint density at radius 3 is 2.82 bits per heavy atom. The van der Waals surface area contributed by atoms with Crippen molar-refractivity contribution in [3.8, 4) is 0 Å². The maximum absolute atomic E-state index is 12.7. The second kappa shape index (κ2) is 5.96. The van der Waals surface area contributed by atoms with Gasteiger partial charge < -0.3 is 14.5 Å². The van der Waals surface area contributed by atoms with Gasteiger partial charge in [-0.15, -0.1) is 11.3 Å². The number of thiazole rings is 1. The highest BCUT2D eigenvalue weighted by Gasteiger charge is 2.37. The number of ether oxygens (including phenoxy) is 1. The molecule has 0 spiro atoms. The van der Waals surface area contributed by atoms with Gasteiger partial charge in [0, 0.05) is 32.6 Å². The lowest BCUT2D eigenvalue weighted by Gasteiger charge is -2.37. The second-order valence-electron chi connectivity index (χ2n) is 6.07. The van der Waals surface area contributed by atoms with E-state index in [0.717, 1.165) is 22.0 Å². The molecule has 1 aromatic rings. The number of carbonyl (C=O) groups is 2. The molecule has 120 valence electrons. The normalized spacial score (nSPS) is 25.9. The van der Waals surface area contributed by atoms with E-state index in [1.54, 1.807) is 11.9 Å². The largest absolute Gasteiger partial charge is 0.368 e. The fraction of sp³-hybridized carbons (Fsp3) is 0.667. The molecule has 2 fully saturated rings. The first kappa shape index (κ1) is 15.4. The van der Waals surface area contributed by atoms with Crippen LogP contribution in [0.4, 0.5) is 0 Å². The van der Waals surface area contributed by atoms with Crippen molar-refractivity contribution >= 4 is 23.2 Å². The molecule has 3 rings (SSSR count). The Labute approximate surface area is 134 Å². The van der Waals surface area contributed by atoms with Gasteiger partial charge in [0.25, 0.3) is 5.91 Å². The molecule has 2 aliphatic heterocycles. The lowest BCUT2D eigenvalue weighted by molar-refractivity contribution is -0.133. The third-order valence-corrected chi connectivity index (χ3v) is 5.47. The van der Waals surface area contributed by atoms with E-state index < -0.39 is 0 Å². The zero-order chi connectivity index (χ0) is 15.9. The summed E-state index contributed by atoms with van der Waals surface area (Å²) in [7, 11) is 1.80. The number of hydrogen-bond donors (Lipinski definition) is 0. The molecule has 3 heterocycles. The third-order valence-electron chi connectivity index (χ3n) is 4.40. The summed E-state index contributed by atoms with van der Waals surface area (Å²) in [5, 5.41) is 0.916. The van der Waals surface area contributed by atoms with Crippen LogP contribution in [-0.4, -0.2) is 66.0 Å². The van der Waals surface area contributed by atoms with Crippen LogP contribution in [0, 0.1) is 19.8 Å². The van der Waals surface area contributed by atoms with Crippen molar-refractivity contribution in [2.75, 3.05) is 33.3 Å². The monoisotopic (exact) mass is 323 g/mol. The highest BCUT2D eigenvalue weighted by atomic mass is 32.1. The predicted molar refractivity (Wildman–Crippen MR) is 83.0 cm³/mol. The van der Waals surface area contributed by atoms with Gasteiger partial charge in [0.1, 0.15) is 11.5 Å². The number of fused-ring (bicyclic) bond motifs is 1. The van der Waals surface area contributed by atoms with Crippen LogP contribution in [0.1, 0.15) is 26.8 Å². The molecule has 0 unspecified atom stereocenters. The van der Waals surface area contributed by atoms with Gasteiger partial charge in [-0.05, 0) is 20.3 Å². The van der Waals surface area contributed by atoms with Crippen molar-refractivity contribution in [2.45, 2.75) is 26.4 Å². The standard InChI is InChI=1S/C15H21N3O3S/c1-9-14(22-10(2)16-9)15(20)18-5-4-12-11(7-18)6-17(3)13(19)8-21-12/h11-12H,4-8H2,1-3H3/t11-,12-/m0/s1. The number of aromatic nitrogens is 1. The zero-order valence-electron chi connectivity index (χ0n) is 13.2. The summed E-state index contributed by atoms with van der Waals surface area (Å²) in [6.07, 6.45) is 0.858. The number of likely N-dealkylation sites (tertiary alicyclic amines) is 1. The van der Waals surface area contributed by atoms with Crippen LogP contribution in [0.25, 0.3) is 0 Å². The minimum absolute atomic E-state index is 0.0150. The quantitative estimate of drug-likeness (QED) is 0.776. The number of hydrogen-bond acceptors (Lipinski definition) is 5. The summed E-state index contributed by atoms with van der Waals surface area (Å²) >= 11 is 1.45. The molecule has 2 atom stereocenters. The molecule has 0 N–H and O–H groups in total. The van der Waals surface area contributed by atoms with Gasteiger partial charge in [0.05, 0.1) is 16.8 Å². The van der Waals surface area contributed by atoms with Gasteiger partial charge in [-0.1, -0.05) is 0 Å². The maximum Gasteiger partial charge on any atom is 0.265 e. The number of carbonyl (C=O) groups excluding carboxylic acids is 2. The van der Waals surface area contributed by atoms with Crippen LogP contribution < -0.4 is 0 Å². The SMILES string of the molecule is Cc1nc(C)c(C(=O)N2CC[C@@H]3OCC(=O)N(C)C[C@H]3C2)s1. The average molecular weight is 323 g/mol. The predicted octanol–water partition coefficient (Wildman–Crippen LogP) is 1.08. The van der Waals surface area contributed by atoms with E-state index in [-0.39, 0.29) is 30.4 Å². The maximum atomic E-state index is 12.7. The van der Waals surface area contributed by atoms with Gasteiger partial charge in [0.15, 0.2) is 0 Å². The summed E-state index contributed by atoms with van der Waals surface area (Å²) in [5.74, 6) is 0.254. The molecule has 2 aliphatic rings. The third kappa shape index (κ3) is 2.87. The van der Waals surface area contributed by atoms with Crippen molar-refractivity contribution < 1.29 is 14.3 Å². The first-order chi connectivity index (χ1) is 10.5.